The molecule has 94 valence electrons. The summed E-state index contributed by atoms with van der Waals surface area (Å²) in [7, 11) is 0. The molecule has 0 atom stereocenters. The molecule has 0 radical (unpaired) electrons. The van der Waals surface area contributed by atoms with Gasteiger partial charge in [-0.25, -0.2) is 4.98 Å². The fourth-order valence-electron chi connectivity index (χ4n) is 2.18. The van der Waals surface area contributed by atoms with Crippen molar-refractivity contribution in [3.63, 3.8) is 0 Å². The summed E-state index contributed by atoms with van der Waals surface area (Å²) in [6.07, 6.45) is 3.48. The maximum Gasteiger partial charge on any atom is 0.205 e. The van der Waals surface area contributed by atoms with E-state index in [0.717, 1.165) is 21.5 Å². The summed E-state index contributed by atoms with van der Waals surface area (Å²) >= 11 is 1.44. The van der Waals surface area contributed by atoms with Gasteiger partial charge in [-0.2, -0.15) is 0 Å². The fraction of sp³-hybridized carbons (Fsp3) is 0.133. The molecule has 3 nitrogen and oxygen atoms in total. The standard InChI is InChI=1S/C15H12N2OS/c1-9-15(19-10(2)17-9)14(18)12-5-3-4-11-6-7-16-8-13(11)12/h3-8H,1-2H3. The third-order valence-electron chi connectivity index (χ3n) is 3.04. The number of nitrogens with zero attached hydrogens (tertiary/aromatic N) is 2. The van der Waals surface area contributed by atoms with E-state index in [1.54, 1.807) is 12.4 Å². The first-order valence-electron chi connectivity index (χ1n) is 5.98. The van der Waals surface area contributed by atoms with Crippen LogP contribution in [0.25, 0.3) is 10.8 Å². The molecule has 3 aromatic rings. The van der Waals surface area contributed by atoms with Gasteiger partial charge in [0.1, 0.15) is 0 Å². The van der Waals surface area contributed by atoms with Crippen LogP contribution in [-0.4, -0.2) is 15.8 Å². The van der Waals surface area contributed by atoms with E-state index in [2.05, 4.69) is 9.97 Å². The second-order valence-electron chi connectivity index (χ2n) is 4.38. The zero-order chi connectivity index (χ0) is 13.4. The number of ketones is 1. The Morgan fingerprint density at radius 1 is 1.21 bits per heavy atom. The summed E-state index contributed by atoms with van der Waals surface area (Å²) in [6, 6.07) is 7.65. The lowest BCUT2D eigenvalue weighted by Gasteiger charge is -2.04. The number of benzene rings is 1. The molecule has 0 N–H and O–H groups in total. The Kier molecular flexibility index (Phi) is 2.87. The molecular formula is C15H12N2OS. The number of carbonyl (C=O) groups is 1. The molecule has 0 spiro atoms. The van der Waals surface area contributed by atoms with Crippen LogP contribution in [0.15, 0.2) is 36.7 Å². The van der Waals surface area contributed by atoms with Crippen molar-refractivity contribution in [1.29, 1.82) is 0 Å². The summed E-state index contributed by atoms with van der Waals surface area (Å²) in [4.78, 5) is 21.8. The average molecular weight is 268 g/mol. The number of carbonyl (C=O) groups excluding carboxylic acids is 1. The van der Waals surface area contributed by atoms with E-state index in [1.807, 2.05) is 38.1 Å². The lowest BCUT2D eigenvalue weighted by atomic mass is 10.0. The van der Waals surface area contributed by atoms with Crippen molar-refractivity contribution in [2.75, 3.05) is 0 Å². The Hall–Kier alpha value is -2.07. The highest BCUT2D eigenvalue weighted by atomic mass is 32.1. The molecular weight excluding hydrogens is 256 g/mol. The molecule has 4 heteroatoms. The SMILES string of the molecule is Cc1nc(C)c(C(=O)c2cccc3ccncc23)s1. The number of aryl methyl sites for hydroxylation is 2. The van der Waals surface area contributed by atoms with E-state index in [9.17, 15) is 4.79 Å². The predicted octanol–water partition coefficient (Wildman–Crippen LogP) is 3.54. The fourth-order valence-corrected chi connectivity index (χ4v) is 3.05. The van der Waals surface area contributed by atoms with Crippen LogP contribution in [0.2, 0.25) is 0 Å². The van der Waals surface area contributed by atoms with Crippen LogP contribution >= 0.6 is 11.3 Å². The van der Waals surface area contributed by atoms with E-state index in [-0.39, 0.29) is 5.78 Å². The number of fused-ring (bicyclic) bond motifs is 1. The summed E-state index contributed by atoms with van der Waals surface area (Å²) < 4.78 is 0. The van der Waals surface area contributed by atoms with Crippen molar-refractivity contribution in [1.82, 2.24) is 9.97 Å². The van der Waals surface area contributed by atoms with Crippen LogP contribution in [0.5, 0.6) is 0 Å². The van der Waals surface area contributed by atoms with Gasteiger partial charge in [0.05, 0.1) is 15.6 Å². The molecule has 0 aliphatic carbocycles. The Labute approximate surface area is 115 Å². The van der Waals surface area contributed by atoms with Gasteiger partial charge in [0.2, 0.25) is 5.78 Å². The molecule has 19 heavy (non-hydrogen) atoms. The molecule has 0 aliphatic heterocycles. The van der Waals surface area contributed by atoms with Gasteiger partial charge in [0.15, 0.2) is 0 Å². The second kappa shape index (κ2) is 4.55. The second-order valence-corrected chi connectivity index (χ2v) is 5.58. The Bertz CT molecular complexity index is 771. The molecule has 0 unspecified atom stereocenters. The van der Waals surface area contributed by atoms with Gasteiger partial charge in [-0.1, -0.05) is 18.2 Å². The topological polar surface area (TPSA) is 42.9 Å². The van der Waals surface area contributed by atoms with E-state index in [0.29, 0.717) is 10.4 Å². The normalized spacial score (nSPS) is 10.8. The predicted molar refractivity (Wildman–Crippen MR) is 76.8 cm³/mol. The van der Waals surface area contributed by atoms with Gasteiger partial charge in [0.25, 0.3) is 0 Å². The number of pyridine rings is 1. The number of hydrogen-bond acceptors (Lipinski definition) is 4. The van der Waals surface area contributed by atoms with Crippen LogP contribution in [0, 0.1) is 13.8 Å². The third-order valence-corrected chi connectivity index (χ3v) is 4.11. The van der Waals surface area contributed by atoms with Crippen molar-refractivity contribution < 1.29 is 4.79 Å². The molecule has 2 heterocycles. The van der Waals surface area contributed by atoms with E-state index >= 15 is 0 Å². The van der Waals surface area contributed by atoms with E-state index in [1.165, 1.54) is 11.3 Å². The summed E-state index contributed by atoms with van der Waals surface area (Å²) in [5, 5.41) is 2.83. The molecule has 0 amide bonds. The van der Waals surface area contributed by atoms with Gasteiger partial charge >= 0.3 is 0 Å². The van der Waals surface area contributed by atoms with Gasteiger partial charge in [-0.3, -0.25) is 9.78 Å². The largest absolute Gasteiger partial charge is 0.288 e. The number of aromatic nitrogens is 2. The first kappa shape index (κ1) is 12.0. The Balaban J connectivity index is 2.19. The summed E-state index contributed by atoms with van der Waals surface area (Å²) in [5.74, 6) is 0.0294. The van der Waals surface area contributed by atoms with Gasteiger partial charge in [-0.05, 0) is 25.3 Å². The number of hydrogen-bond donors (Lipinski definition) is 0. The smallest absolute Gasteiger partial charge is 0.205 e. The number of thiazole rings is 1. The van der Waals surface area contributed by atoms with Gasteiger partial charge < -0.3 is 0 Å². The monoisotopic (exact) mass is 268 g/mol. The van der Waals surface area contributed by atoms with Crippen LogP contribution in [0.4, 0.5) is 0 Å². The molecule has 0 aliphatic rings. The van der Waals surface area contributed by atoms with Crippen molar-refractivity contribution in [2.45, 2.75) is 13.8 Å². The highest BCUT2D eigenvalue weighted by Crippen LogP contribution is 2.25. The Morgan fingerprint density at radius 2 is 2.05 bits per heavy atom. The van der Waals surface area contributed by atoms with Crippen LogP contribution in [0.1, 0.15) is 25.9 Å². The van der Waals surface area contributed by atoms with Crippen molar-refractivity contribution in [2.24, 2.45) is 0 Å². The minimum absolute atomic E-state index is 0.0294. The first-order valence-corrected chi connectivity index (χ1v) is 6.80. The van der Waals surface area contributed by atoms with E-state index < -0.39 is 0 Å². The first-order chi connectivity index (χ1) is 9.16. The van der Waals surface area contributed by atoms with Crippen LogP contribution < -0.4 is 0 Å². The molecule has 2 aromatic heterocycles. The molecule has 0 bridgehead atoms. The summed E-state index contributed by atoms with van der Waals surface area (Å²) in [6.45, 7) is 3.79. The summed E-state index contributed by atoms with van der Waals surface area (Å²) in [5.41, 5.74) is 1.49. The highest BCUT2D eigenvalue weighted by Gasteiger charge is 2.17. The molecule has 0 fully saturated rings. The lowest BCUT2D eigenvalue weighted by Crippen LogP contribution is -2.01. The van der Waals surface area contributed by atoms with Crippen molar-refractivity contribution >= 4 is 27.9 Å². The zero-order valence-corrected chi connectivity index (χ0v) is 11.5. The van der Waals surface area contributed by atoms with E-state index in [4.69, 9.17) is 0 Å². The van der Waals surface area contributed by atoms with Crippen LogP contribution in [-0.2, 0) is 0 Å². The van der Waals surface area contributed by atoms with Gasteiger partial charge in [0, 0.05) is 23.3 Å². The Morgan fingerprint density at radius 3 is 2.79 bits per heavy atom. The third kappa shape index (κ3) is 2.04. The maximum absolute atomic E-state index is 12.6. The van der Waals surface area contributed by atoms with Crippen molar-refractivity contribution in [3.05, 3.63) is 57.8 Å². The molecule has 0 saturated carbocycles. The van der Waals surface area contributed by atoms with Gasteiger partial charge in [-0.15, -0.1) is 11.3 Å². The number of rotatable bonds is 2. The van der Waals surface area contributed by atoms with Crippen molar-refractivity contribution in [3.8, 4) is 0 Å². The molecule has 1 aromatic carbocycles. The minimum atomic E-state index is 0.0294. The zero-order valence-electron chi connectivity index (χ0n) is 10.7. The maximum atomic E-state index is 12.6. The van der Waals surface area contributed by atoms with Crippen LogP contribution in [0.3, 0.4) is 0 Å². The molecule has 0 saturated heterocycles. The quantitative estimate of drug-likeness (QED) is 0.668. The average Bonchev–Trinajstić information content (AvgIpc) is 2.76. The minimum Gasteiger partial charge on any atom is -0.288 e. The molecule has 3 rings (SSSR count). The lowest BCUT2D eigenvalue weighted by molar-refractivity contribution is 0.104. The highest BCUT2D eigenvalue weighted by molar-refractivity contribution is 7.14.